The van der Waals surface area contributed by atoms with E-state index in [4.69, 9.17) is 5.11 Å². The molecule has 70 valence electrons. The molecule has 0 amide bonds. The quantitative estimate of drug-likeness (QED) is 0.622. The van der Waals surface area contributed by atoms with Crippen LogP contribution in [-0.2, 0) is 4.79 Å². The maximum absolute atomic E-state index is 10.1. The van der Waals surface area contributed by atoms with Crippen molar-refractivity contribution in [1.82, 2.24) is 0 Å². The molecule has 0 aliphatic heterocycles. The van der Waals surface area contributed by atoms with Crippen molar-refractivity contribution in [3.05, 3.63) is 12.2 Å². The molecule has 0 aromatic heterocycles. The maximum Gasteiger partial charge on any atom is 0.327 e. The van der Waals surface area contributed by atoms with E-state index in [1.54, 1.807) is 6.08 Å². The van der Waals surface area contributed by atoms with Gasteiger partial charge in [0.1, 0.15) is 0 Å². The zero-order valence-electron chi connectivity index (χ0n) is 7.92. The second-order valence-corrected chi connectivity index (χ2v) is 3.21. The topological polar surface area (TPSA) is 37.3 Å². The molecule has 0 spiro atoms. The molecule has 0 fully saturated rings. The Labute approximate surface area is 74.3 Å². The lowest BCUT2D eigenvalue weighted by Gasteiger charge is -2.06. The van der Waals surface area contributed by atoms with Crippen molar-refractivity contribution < 1.29 is 9.90 Å². The molecule has 1 atom stereocenters. The summed E-state index contributed by atoms with van der Waals surface area (Å²) in [6.07, 6.45) is 7.38. The van der Waals surface area contributed by atoms with Crippen LogP contribution in [-0.4, -0.2) is 11.1 Å². The molecule has 12 heavy (non-hydrogen) atoms. The third kappa shape index (κ3) is 7.32. The second-order valence-electron chi connectivity index (χ2n) is 3.21. The number of allylic oxidation sites excluding steroid dienone is 1. The third-order valence-electron chi connectivity index (χ3n) is 1.87. The Balaban J connectivity index is 3.36. The first-order chi connectivity index (χ1) is 5.66. The van der Waals surface area contributed by atoms with Gasteiger partial charge < -0.3 is 5.11 Å². The van der Waals surface area contributed by atoms with Crippen LogP contribution in [0.2, 0.25) is 0 Å². The van der Waals surface area contributed by atoms with E-state index >= 15 is 0 Å². The minimum atomic E-state index is -0.849. The van der Waals surface area contributed by atoms with Crippen LogP contribution in [0.3, 0.4) is 0 Å². The summed E-state index contributed by atoms with van der Waals surface area (Å²) >= 11 is 0. The molecular weight excluding hydrogens is 152 g/mol. The fourth-order valence-electron chi connectivity index (χ4n) is 1.20. The highest BCUT2D eigenvalue weighted by Gasteiger charge is 1.97. The van der Waals surface area contributed by atoms with E-state index in [-0.39, 0.29) is 0 Å². The van der Waals surface area contributed by atoms with E-state index in [1.807, 2.05) is 0 Å². The molecule has 0 radical (unpaired) electrons. The Bertz CT molecular complexity index is 150. The Morgan fingerprint density at radius 3 is 2.67 bits per heavy atom. The van der Waals surface area contributed by atoms with Gasteiger partial charge in [0.05, 0.1) is 0 Å². The summed E-state index contributed by atoms with van der Waals surface area (Å²) in [5.41, 5.74) is 0. The van der Waals surface area contributed by atoms with Gasteiger partial charge >= 0.3 is 5.97 Å². The predicted molar refractivity (Wildman–Crippen MR) is 50.1 cm³/mol. The number of hydrogen-bond acceptors (Lipinski definition) is 1. The zero-order chi connectivity index (χ0) is 9.40. The SMILES string of the molecule is CCCC(C)CCC=CC(=O)O. The maximum atomic E-state index is 10.1. The number of rotatable bonds is 6. The van der Waals surface area contributed by atoms with Crippen LogP contribution < -0.4 is 0 Å². The number of carboxylic acid groups (broad SMARTS) is 1. The molecule has 0 bridgehead atoms. The molecule has 2 heteroatoms. The fourth-order valence-corrected chi connectivity index (χ4v) is 1.20. The lowest BCUT2D eigenvalue weighted by atomic mass is 10.0. The molecule has 2 nitrogen and oxygen atoms in total. The van der Waals surface area contributed by atoms with Crippen LogP contribution in [0.15, 0.2) is 12.2 Å². The van der Waals surface area contributed by atoms with Gasteiger partial charge in [-0.1, -0.05) is 32.8 Å². The zero-order valence-corrected chi connectivity index (χ0v) is 7.92. The van der Waals surface area contributed by atoms with Gasteiger partial charge in [-0.25, -0.2) is 4.79 Å². The Kier molecular flexibility index (Phi) is 6.44. The largest absolute Gasteiger partial charge is 0.478 e. The van der Waals surface area contributed by atoms with Crippen molar-refractivity contribution in [1.29, 1.82) is 0 Å². The van der Waals surface area contributed by atoms with Crippen LogP contribution in [0.4, 0.5) is 0 Å². The van der Waals surface area contributed by atoms with Gasteiger partial charge in [-0.3, -0.25) is 0 Å². The first-order valence-corrected chi connectivity index (χ1v) is 4.56. The second kappa shape index (κ2) is 6.89. The molecule has 0 aliphatic rings. The molecule has 0 heterocycles. The summed E-state index contributed by atoms with van der Waals surface area (Å²) in [6, 6.07) is 0. The number of carboxylic acids is 1. The summed E-state index contributed by atoms with van der Waals surface area (Å²) in [7, 11) is 0. The highest BCUT2D eigenvalue weighted by atomic mass is 16.4. The van der Waals surface area contributed by atoms with Crippen LogP contribution in [0.1, 0.15) is 39.5 Å². The number of carbonyl (C=O) groups is 1. The highest BCUT2D eigenvalue weighted by molar-refractivity contribution is 5.79. The monoisotopic (exact) mass is 170 g/mol. The average Bonchev–Trinajstić information content (AvgIpc) is 1.98. The van der Waals surface area contributed by atoms with Gasteiger partial charge in [0, 0.05) is 6.08 Å². The lowest BCUT2D eigenvalue weighted by molar-refractivity contribution is -0.131. The van der Waals surface area contributed by atoms with Crippen LogP contribution >= 0.6 is 0 Å². The Morgan fingerprint density at radius 2 is 2.17 bits per heavy atom. The highest BCUT2D eigenvalue weighted by Crippen LogP contribution is 2.12. The fraction of sp³-hybridized carbons (Fsp3) is 0.700. The normalized spacial score (nSPS) is 13.5. The molecule has 0 aliphatic carbocycles. The minimum absolute atomic E-state index is 0.716. The molecule has 0 aromatic rings. The minimum Gasteiger partial charge on any atom is -0.478 e. The summed E-state index contributed by atoms with van der Waals surface area (Å²) < 4.78 is 0. The first kappa shape index (κ1) is 11.2. The van der Waals surface area contributed by atoms with Gasteiger partial charge in [0.2, 0.25) is 0 Å². The van der Waals surface area contributed by atoms with Gasteiger partial charge in [-0.2, -0.15) is 0 Å². The lowest BCUT2D eigenvalue weighted by Crippen LogP contribution is -1.92. The third-order valence-corrected chi connectivity index (χ3v) is 1.87. The van der Waals surface area contributed by atoms with Crippen LogP contribution in [0, 0.1) is 5.92 Å². The predicted octanol–water partition coefficient (Wildman–Crippen LogP) is 2.84. The van der Waals surface area contributed by atoms with Gasteiger partial charge in [0.15, 0.2) is 0 Å². The first-order valence-electron chi connectivity index (χ1n) is 4.56. The molecule has 1 N–H and O–H groups in total. The van der Waals surface area contributed by atoms with Crippen LogP contribution in [0.5, 0.6) is 0 Å². The van der Waals surface area contributed by atoms with Crippen molar-refractivity contribution in [2.24, 2.45) is 5.92 Å². The molecule has 0 saturated heterocycles. The van der Waals surface area contributed by atoms with Crippen molar-refractivity contribution in [2.45, 2.75) is 39.5 Å². The summed E-state index contributed by atoms with van der Waals surface area (Å²) in [4.78, 5) is 10.1. The Morgan fingerprint density at radius 1 is 1.50 bits per heavy atom. The summed E-state index contributed by atoms with van der Waals surface area (Å²) in [6.45, 7) is 4.38. The molecule has 1 unspecified atom stereocenters. The van der Waals surface area contributed by atoms with E-state index in [1.165, 1.54) is 18.9 Å². The van der Waals surface area contributed by atoms with E-state index < -0.39 is 5.97 Å². The van der Waals surface area contributed by atoms with E-state index in [0.29, 0.717) is 5.92 Å². The van der Waals surface area contributed by atoms with Gasteiger partial charge in [0.25, 0.3) is 0 Å². The van der Waals surface area contributed by atoms with Crippen molar-refractivity contribution in [3.63, 3.8) is 0 Å². The van der Waals surface area contributed by atoms with E-state index in [0.717, 1.165) is 12.8 Å². The number of hydrogen-bond donors (Lipinski definition) is 1. The summed E-state index contributed by atoms with van der Waals surface area (Å²) in [5, 5.41) is 8.30. The van der Waals surface area contributed by atoms with Crippen LogP contribution in [0.25, 0.3) is 0 Å². The molecule has 0 saturated carbocycles. The Hall–Kier alpha value is -0.790. The van der Waals surface area contributed by atoms with Gasteiger partial charge in [-0.15, -0.1) is 0 Å². The smallest absolute Gasteiger partial charge is 0.327 e. The average molecular weight is 170 g/mol. The molecular formula is C10H18O2. The van der Waals surface area contributed by atoms with Crippen molar-refractivity contribution >= 4 is 5.97 Å². The van der Waals surface area contributed by atoms with Gasteiger partial charge in [-0.05, 0) is 18.8 Å². The number of aliphatic carboxylic acids is 1. The molecule has 0 rings (SSSR count). The standard InChI is InChI=1S/C10H18O2/c1-3-6-9(2)7-4-5-8-10(11)12/h5,8-9H,3-4,6-7H2,1-2H3,(H,11,12). The van der Waals surface area contributed by atoms with Crippen molar-refractivity contribution in [2.75, 3.05) is 0 Å². The van der Waals surface area contributed by atoms with Crippen molar-refractivity contribution in [3.8, 4) is 0 Å². The van der Waals surface area contributed by atoms with E-state index in [2.05, 4.69) is 13.8 Å². The summed E-state index contributed by atoms with van der Waals surface area (Å²) in [5.74, 6) is -0.133. The molecule has 0 aromatic carbocycles. The van der Waals surface area contributed by atoms with E-state index in [9.17, 15) is 4.79 Å².